The molecule has 0 aromatic heterocycles. The fourth-order valence-electron chi connectivity index (χ4n) is 8.29. The first-order valence-corrected chi connectivity index (χ1v) is 10.9. The fraction of sp³-hybridized carbons (Fsp3) is 0.913. The zero-order valence-corrected chi connectivity index (χ0v) is 16.5. The van der Waals surface area contributed by atoms with Crippen LogP contribution in [0.15, 0.2) is 12.7 Å². The molecule has 142 valence electrons. The van der Waals surface area contributed by atoms with Gasteiger partial charge in [-0.1, -0.05) is 19.4 Å². The van der Waals surface area contributed by atoms with E-state index in [1.165, 1.54) is 51.4 Å². The maximum atomic E-state index is 10.7. The summed E-state index contributed by atoms with van der Waals surface area (Å²) in [6.45, 7) is 9.76. The smallest absolute Gasteiger partial charge is 0.0628 e. The first-order chi connectivity index (χ1) is 11.9. The number of nitrogens with two attached hydrogens (primary N) is 1. The molecule has 4 aliphatic rings. The lowest BCUT2D eigenvalue weighted by Crippen LogP contribution is -2.57. The third kappa shape index (κ3) is 2.65. The van der Waals surface area contributed by atoms with E-state index in [0.29, 0.717) is 5.41 Å². The lowest BCUT2D eigenvalue weighted by Gasteiger charge is -2.63. The molecule has 0 heterocycles. The summed E-state index contributed by atoms with van der Waals surface area (Å²) in [6, 6.07) is 0. The van der Waals surface area contributed by atoms with Crippen LogP contribution in [0.25, 0.3) is 0 Å². The van der Waals surface area contributed by atoms with Crippen molar-refractivity contribution >= 4 is 0 Å². The Morgan fingerprint density at radius 3 is 2.44 bits per heavy atom. The Bertz CT molecular complexity index is 528. The molecule has 2 unspecified atom stereocenters. The SMILES string of the molecule is C=C[C@]12CC[C@@H]3C(CC[C@@]4(C)C3CCC[C@@H]4CN)[C@H]1CC[C@@](C)(O)C2. The van der Waals surface area contributed by atoms with E-state index in [1.807, 2.05) is 6.92 Å². The predicted octanol–water partition coefficient (Wildman–Crippen LogP) is 4.91. The molecule has 3 N–H and O–H groups in total. The van der Waals surface area contributed by atoms with E-state index in [4.69, 9.17) is 5.73 Å². The molecule has 0 aromatic rings. The molecule has 0 radical (unpaired) electrons. The van der Waals surface area contributed by atoms with Crippen LogP contribution >= 0.6 is 0 Å². The number of hydrogen-bond acceptors (Lipinski definition) is 2. The molecule has 4 fully saturated rings. The van der Waals surface area contributed by atoms with Crippen LogP contribution in [0.4, 0.5) is 0 Å². The first kappa shape index (κ1) is 18.0. The highest BCUT2D eigenvalue weighted by Gasteiger charge is 2.59. The average Bonchev–Trinajstić information content (AvgIpc) is 2.59. The summed E-state index contributed by atoms with van der Waals surface area (Å²) < 4.78 is 0. The summed E-state index contributed by atoms with van der Waals surface area (Å²) >= 11 is 0. The second kappa shape index (κ2) is 6.09. The molecule has 2 nitrogen and oxygen atoms in total. The number of hydrogen-bond donors (Lipinski definition) is 2. The molecule has 0 aromatic carbocycles. The minimum absolute atomic E-state index is 0.193. The van der Waals surface area contributed by atoms with Crippen molar-refractivity contribution in [3.05, 3.63) is 12.7 Å². The van der Waals surface area contributed by atoms with E-state index in [2.05, 4.69) is 19.6 Å². The van der Waals surface area contributed by atoms with Crippen molar-refractivity contribution in [2.45, 2.75) is 83.7 Å². The van der Waals surface area contributed by atoms with Gasteiger partial charge in [0.1, 0.15) is 0 Å². The van der Waals surface area contributed by atoms with Crippen molar-refractivity contribution in [2.24, 2.45) is 46.2 Å². The maximum absolute atomic E-state index is 10.7. The van der Waals surface area contributed by atoms with Gasteiger partial charge in [0.2, 0.25) is 0 Å². The molecule has 0 saturated heterocycles. The molecular weight excluding hydrogens is 306 g/mol. The summed E-state index contributed by atoms with van der Waals surface area (Å²) in [5.41, 5.74) is 6.39. The van der Waals surface area contributed by atoms with Gasteiger partial charge in [-0.25, -0.2) is 0 Å². The monoisotopic (exact) mass is 345 g/mol. The third-order valence-corrected chi connectivity index (χ3v) is 9.52. The minimum atomic E-state index is -0.490. The molecule has 0 aliphatic heterocycles. The summed E-state index contributed by atoms with van der Waals surface area (Å²) in [4.78, 5) is 0. The minimum Gasteiger partial charge on any atom is -0.390 e. The van der Waals surface area contributed by atoms with Gasteiger partial charge in [-0.3, -0.25) is 0 Å². The molecule has 4 saturated carbocycles. The molecule has 2 heteroatoms. The van der Waals surface area contributed by atoms with E-state index in [-0.39, 0.29) is 5.41 Å². The summed E-state index contributed by atoms with van der Waals surface area (Å²) in [6.07, 6.45) is 14.9. The van der Waals surface area contributed by atoms with E-state index < -0.39 is 5.60 Å². The Balaban J connectivity index is 1.62. The highest BCUT2D eigenvalue weighted by molar-refractivity contribution is 5.14. The third-order valence-electron chi connectivity index (χ3n) is 9.52. The molecule has 0 bridgehead atoms. The van der Waals surface area contributed by atoms with Crippen LogP contribution in [-0.4, -0.2) is 17.3 Å². The largest absolute Gasteiger partial charge is 0.390 e. The maximum Gasteiger partial charge on any atom is 0.0628 e. The number of rotatable bonds is 2. The van der Waals surface area contributed by atoms with Crippen LogP contribution in [-0.2, 0) is 0 Å². The molecule has 4 aliphatic carbocycles. The highest BCUT2D eigenvalue weighted by atomic mass is 16.3. The van der Waals surface area contributed by atoms with Gasteiger partial charge in [0.15, 0.2) is 0 Å². The van der Waals surface area contributed by atoms with Crippen molar-refractivity contribution in [1.29, 1.82) is 0 Å². The van der Waals surface area contributed by atoms with Gasteiger partial charge in [-0.05, 0) is 112 Å². The Hall–Kier alpha value is -0.340. The van der Waals surface area contributed by atoms with Gasteiger partial charge in [0.05, 0.1) is 5.60 Å². The molecule has 4 rings (SSSR count). The summed E-state index contributed by atoms with van der Waals surface area (Å²) in [5.74, 6) is 4.14. The zero-order chi connectivity index (χ0) is 17.9. The predicted molar refractivity (Wildman–Crippen MR) is 104 cm³/mol. The number of aliphatic hydroxyl groups is 1. The normalized spacial score (nSPS) is 55.6. The van der Waals surface area contributed by atoms with Crippen molar-refractivity contribution in [1.82, 2.24) is 0 Å². The molecule has 8 atom stereocenters. The van der Waals surface area contributed by atoms with Gasteiger partial charge in [-0.2, -0.15) is 0 Å². The van der Waals surface area contributed by atoms with Crippen LogP contribution < -0.4 is 5.73 Å². The van der Waals surface area contributed by atoms with Crippen molar-refractivity contribution in [3.63, 3.8) is 0 Å². The second-order valence-electron chi connectivity index (χ2n) is 10.6. The molecular formula is C23H39NO. The van der Waals surface area contributed by atoms with Crippen LogP contribution in [0.5, 0.6) is 0 Å². The Morgan fingerprint density at radius 2 is 1.72 bits per heavy atom. The summed E-state index contributed by atoms with van der Waals surface area (Å²) in [5, 5.41) is 10.7. The van der Waals surface area contributed by atoms with Crippen LogP contribution in [0.1, 0.15) is 78.1 Å². The highest BCUT2D eigenvalue weighted by Crippen LogP contribution is 2.66. The summed E-state index contributed by atoms with van der Waals surface area (Å²) in [7, 11) is 0. The Kier molecular flexibility index (Phi) is 4.40. The fourth-order valence-corrected chi connectivity index (χ4v) is 8.29. The molecule has 0 amide bonds. The quantitative estimate of drug-likeness (QED) is 0.698. The van der Waals surface area contributed by atoms with Gasteiger partial charge < -0.3 is 10.8 Å². The number of allylic oxidation sites excluding steroid dienone is 1. The van der Waals surface area contributed by atoms with E-state index in [1.54, 1.807) is 0 Å². The van der Waals surface area contributed by atoms with Gasteiger partial charge >= 0.3 is 0 Å². The van der Waals surface area contributed by atoms with Gasteiger partial charge in [0.25, 0.3) is 0 Å². The topological polar surface area (TPSA) is 46.2 Å². The molecule has 25 heavy (non-hydrogen) atoms. The van der Waals surface area contributed by atoms with Crippen LogP contribution in [0.3, 0.4) is 0 Å². The first-order valence-electron chi connectivity index (χ1n) is 10.9. The Labute approximate surface area is 154 Å². The molecule has 0 spiro atoms. The van der Waals surface area contributed by atoms with E-state index in [9.17, 15) is 5.11 Å². The van der Waals surface area contributed by atoms with Crippen molar-refractivity contribution in [3.8, 4) is 0 Å². The Morgan fingerprint density at radius 1 is 1.00 bits per heavy atom. The lowest BCUT2D eigenvalue weighted by molar-refractivity contribution is -0.146. The van der Waals surface area contributed by atoms with Crippen LogP contribution in [0.2, 0.25) is 0 Å². The van der Waals surface area contributed by atoms with Crippen molar-refractivity contribution < 1.29 is 5.11 Å². The van der Waals surface area contributed by atoms with E-state index in [0.717, 1.165) is 49.0 Å². The zero-order valence-electron chi connectivity index (χ0n) is 16.5. The number of fused-ring (bicyclic) bond motifs is 5. The standard InChI is InChI=1S/C23H39NO/c1-4-23-13-9-17-18(20(23)10-11-21(2,25)15-23)8-12-22(3)16(14-24)6-5-7-19(17)22/h4,16-20,25H,1,5-15,24H2,2-3H3/t16-,17-,18?,19?,20-,21-,22-,23-/m1/s1. The van der Waals surface area contributed by atoms with Gasteiger partial charge in [0, 0.05) is 0 Å². The van der Waals surface area contributed by atoms with Gasteiger partial charge in [-0.15, -0.1) is 6.58 Å². The average molecular weight is 346 g/mol. The van der Waals surface area contributed by atoms with Crippen molar-refractivity contribution in [2.75, 3.05) is 6.54 Å². The van der Waals surface area contributed by atoms with Crippen LogP contribution in [0, 0.1) is 40.4 Å². The van der Waals surface area contributed by atoms with E-state index >= 15 is 0 Å². The second-order valence-corrected chi connectivity index (χ2v) is 10.6. The lowest BCUT2D eigenvalue weighted by atomic mass is 9.42.